The molecule has 0 radical (unpaired) electrons. The molecule has 1 aliphatic rings. The number of aromatic nitrogens is 1. The molecule has 3 rings (SSSR count). The number of fused-ring (bicyclic) bond motifs is 1. The minimum absolute atomic E-state index is 0.0421. The Morgan fingerprint density at radius 3 is 3.08 bits per heavy atom. The van der Waals surface area contributed by atoms with Gasteiger partial charge in [-0.15, -0.1) is 11.3 Å². The van der Waals surface area contributed by atoms with E-state index < -0.39 is 0 Å². The quantitative estimate of drug-likeness (QED) is 0.926. The van der Waals surface area contributed by atoms with Crippen LogP contribution in [0.5, 0.6) is 0 Å². The number of amides is 2. The number of likely N-dealkylation sites (tertiary alicyclic amines) is 1. The molecule has 0 aliphatic carbocycles. The van der Waals surface area contributed by atoms with Gasteiger partial charge in [-0.3, -0.25) is 9.59 Å². The van der Waals surface area contributed by atoms with Crippen molar-refractivity contribution in [1.82, 2.24) is 15.2 Å². The van der Waals surface area contributed by atoms with Crippen molar-refractivity contribution in [1.29, 1.82) is 0 Å². The van der Waals surface area contributed by atoms with Crippen molar-refractivity contribution in [2.24, 2.45) is 5.92 Å². The third-order valence-corrected chi connectivity index (χ3v) is 5.45. The summed E-state index contributed by atoms with van der Waals surface area (Å²) in [6.07, 6.45) is 2.24. The summed E-state index contributed by atoms with van der Waals surface area (Å²) in [7, 11) is 0. The molecule has 1 aliphatic heterocycles. The first-order valence-corrected chi connectivity index (χ1v) is 9.37. The summed E-state index contributed by atoms with van der Waals surface area (Å²) in [4.78, 5) is 30.6. The van der Waals surface area contributed by atoms with E-state index in [1.165, 1.54) is 0 Å². The van der Waals surface area contributed by atoms with Crippen molar-refractivity contribution < 1.29 is 9.59 Å². The predicted molar refractivity (Wildman–Crippen MR) is 95.8 cm³/mol. The van der Waals surface area contributed by atoms with E-state index in [9.17, 15) is 9.59 Å². The van der Waals surface area contributed by atoms with Crippen LogP contribution in [0.4, 0.5) is 0 Å². The van der Waals surface area contributed by atoms with Gasteiger partial charge in [0, 0.05) is 19.5 Å². The van der Waals surface area contributed by atoms with Crippen LogP contribution >= 0.6 is 11.3 Å². The molecular weight excluding hydrogens is 322 g/mol. The highest BCUT2D eigenvalue weighted by Gasteiger charge is 2.28. The fourth-order valence-corrected chi connectivity index (χ4v) is 3.92. The summed E-state index contributed by atoms with van der Waals surface area (Å²) in [6.45, 7) is 5.18. The molecule has 2 unspecified atom stereocenters. The standard InChI is InChI=1S/C18H23N3O2S/c1-3-17(22)21-8-4-5-14(10-21)18(23)20-12(2)13-6-7-15-16(9-13)24-11-19-15/h6-7,9,11-12,14H,3-5,8,10H2,1-2H3,(H,20,23). The van der Waals surface area contributed by atoms with Gasteiger partial charge in [0.2, 0.25) is 11.8 Å². The first-order valence-electron chi connectivity index (χ1n) is 8.49. The Morgan fingerprint density at radius 2 is 2.29 bits per heavy atom. The number of nitrogens with zero attached hydrogens (tertiary/aromatic N) is 2. The lowest BCUT2D eigenvalue weighted by molar-refractivity contribution is -0.135. The Morgan fingerprint density at radius 1 is 1.46 bits per heavy atom. The van der Waals surface area contributed by atoms with Gasteiger partial charge in [0.15, 0.2) is 0 Å². The Kier molecular flexibility index (Phi) is 5.14. The molecule has 1 aromatic carbocycles. The van der Waals surface area contributed by atoms with Crippen molar-refractivity contribution >= 4 is 33.4 Å². The second kappa shape index (κ2) is 7.30. The van der Waals surface area contributed by atoms with Crippen LogP contribution in [0.15, 0.2) is 23.7 Å². The number of nitrogens with one attached hydrogen (secondary N) is 1. The molecule has 5 nitrogen and oxygen atoms in total. The minimum Gasteiger partial charge on any atom is -0.349 e. The van der Waals surface area contributed by atoms with Crippen LogP contribution in [0.1, 0.15) is 44.7 Å². The molecule has 1 aromatic heterocycles. The number of rotatable bonds is 4. The van der Waals surface area contributed by atoms with Crippen LogP contribution < -0.4 is 5.32 Å². The zero-order valence-corrected chi connectivity index (χ0v) is 14.9. The number of hydrogen-bond donors (Lipinski definition) is 1. The highest BCUT2D eigenvalue weighted by atomic mass is 32.1. The summed E-state index contributed by atoms with van der Waals surface area (Å²) >= 11 is 1.60. The fourth-order valence-electron chi connectivity index (χ4n) is 3.20. The predicted octanol–water partition coefficient (Wildman–Crippen LogP) is 3.12. The molecule has 1 fully saturated rings. The van der Waals surface area contributed by atoms with E-state index in [1.807, 2.05) is 36.4 Å². The Balaban J connectivity index is 1.63. The van der Waals surface area contributed by atoms with Gasteiger partial charge in [-0.05, 0) is 37.5 Å². The fraction of sp³-hybridized carbons (Fsp3) is 0.500. The Bertz CT molecular complexity index is 743. The lowest BCUT2D eigenvalue weighted by Crippen LogP contribution is -2.45. The summed E-state index contributed by atoms with van der Waals surface area (Å²) in [5.41, 5.74) is 3.90. The lowest BCUT2D eigenvalue weighted by Gasteiger charge is -2.32. The average Bonchev–Trinajstić information content (AvgIpc) is 3.08. The number of thiazole rings is 1. The van der Waals surface area contributed by atoms with Crippen LogP contribution in [-0.4, -0.2) is 34.8 Å². The van der Waals surface area contributed by atoms with E-state index in [4.69, 9.17) is 0 Å². The highest BCUT2D eigenvalue weighted by Crippen LogP contribution is 2.24. The molecule has 128 valence electrons. The second-order valence-electron chi connectivity index (χ2n) is 6.34. The van der Waals surface area contributed by atoms with E-state index >= 15 is 0 Å². The number of hydrogen-bond acceptors (Lipinski definition) is 4. The van der Waals surface area contributed by atoms with Crippen LogP contribution in [0.25, 0.3) is 10.2 Å². The van der Waals surface area contributed by atoms with Crippen LogP contribution in [-0.2, 0) is 9.59 Å². The number of piperidine rings is 1. The smallest absolute Gasteiger partial charge is 0.225 e. The molecule has 1 saturated heterocycles. The monoisotopic (exact) mass is 345 g/mol. The van der Waals surface area contributed by atoms with Crippen molar-refractivity contribution in [2.75, 3.05) is 13.1 Å². The van der Waals surface area contributed by atoms with Crippen molar-refractivity contribution in [3.05, 3.63) is 29.3 Å². The van der Waals surface area contributed by atoms with Crippen molar-refractivity contribution in [2.45, 2.75) is 39.2 Å². The molecule has 1 N–H and O–H groups in total. The number of benzene rings is 1. The van der Waals surface area contributed by atoms with Crippen molar-refractivity contribution in [3.8, 4) is 0 Å². The maximum absolute atomic E-state index is 12.6. The molecule has 0 saturated carbocycles. The van der Waals surface area contributed by atoms with Gasteiger partial charge in [-0.25, -0.2) is 4.98 Å². The Hall–Kier alpha value is -1.95. The molecule has 6 heteroatoms. The SMILES string of the molecule is CCC(=O)N1CCCC(C(=O)NC(C)c2ccc3ncsc3c2)C1. The van der Waals surface area contributed by atoms with E-state index in [2.05, 4.69) is 16.4 Å². The second-order valence-corrected chi connectivity index (χ2v) is 7.23. The normalized spacial score (nSPS) is 19.2. The first kappa shape index (κ1) is 16.9. The molecule has 2 amide bonds. The highest BCUT2D eigenvalue weighted by molar-refractivity contribution is 7.16. The van der Waals surface area contributed by atoms with Crippen molar-refractivity contribution in [3.63, 3.8) is 0 Å². The van der Waals surface area contributed by atoms with Gasteiger partial charge in [0.25, 0.3) is 0 Å². The summed E-state index contributed by atoms with van der Waals surface area (Å²) in [6, 6.07) is 6.04. The number of carbonyl (C=O) groups is 2. The van der Waals surface area contributed by atoms with Gasteiger partial charge >= 0.3 is 0 Å². The zero-order chi connectivity index (χ0) is 17.1. The first-order chi connectivity index (χ1) is 11.6. The maximum Gasteiger partial charge on any atom is 0.225 e. The van der Waals surface area contributed by atoms with Crippen LogP contribution in [0.2, 0.25) is 0 Å². The minimum atomic E-state index is -0.108. The lowest BCUT2D eigenvalue weighted by atomic mass is 9.96. The molecule has 2 heterocycles. The molecule has 0 bridgehead atoms. The van der Waals surface area contributed by atoms with E-state index in [0.29, 0.717) is 13.0 Å². The maximum atomic E-state index is 12.6. The van der Waals surface area contributed by atoms with Gasteiger partial charge in [-0.1, -0.05) is 13.0 Å². The Labute approximate surface area is 146 Å². The molecular formula is C18H23N3O2S. The molecule has 0 spiro atoms. The van der Waals surface area contributed by atoms with E-state index in [0.717, 1.165) is 35.2 Å². The third-order valence-electron chi connectivity index (χ3n) is 4.66. The summed E-state index contributed by atoms with van der Waals surface area (Å²) in [5, 5.41) is 3.11. The summed E-state index contributed by atoms with van der Waals surface area (Å²) in [5.74, 6) is 0.0699. The molecule has 24 heavy (non-hydrogen) atoms. The van der Waals surface area contributed by atoms with Gasteiger partial charge in [-0.2, -0.15) is 0 Å². The van der Waals surface area contributed by atoms with Gasteiger partial charge in [0.05, 0.1) is 27.7 Å². The van der Waals surface area contributed by atoms with Gasteiger partial charge in [0.1, 0.15) is 0 Å². The summed E-state index contributed by atoms with van der Waals surface area (Å²) < 4.78 is 1.13. The number of carbonyl (C=O) groups excluding carboxylic acids is 2. The van der Waals surface area contributed by atoms with Gasteiger partial charge < -0.3 is 10.2 Å². The molecule has 2 atom stereocenters. The van der Waals surface area contributed by atoms with Crippen LogP contribution in [0, 0.1) is 5.92 Å². The largest absolute Gasteiger partial charge is 0.349 e. The average molecular weight is 345 g/mol. The van der Waals surface area contributed by atoms with Crippen LogP contribution in [0.3, 0.4) is 0 Å². The van der Waals surface area contributed by atoms with E-state index in [1.54, 1.807) is 11.3 Å². The van der Waals surface area contributed by atoms with E-state index in [-0.39, 0.29) is 23.8 Å². The third kappa shape index (κ3) is 3.59. The topological polar surface area (TPSA) is 62.3 Å². The molecule has 2 aromatic rings. The zero-order valence-electron chi connectivity index (χ0n) is 14.1.